The topological polar surface area (TPSA) is 65.8 Å². The van der Waals surface area contributed by atoms with Crippen molar-refractivity contribution in [3.8, 4) is 0 Å². The number of piperidine rings is 3. The summed E-state index contributed by atoms with van der Waals surface area (Å²) in [5.41, 5.74) is 2.77. The molecule has 6 heteroatoms. The summed E-state index contributed by atoms with van der Waals surface area (Å²) in [6, 6.07) is 6.21. The average Bonchev–Trinajstić information content (AvgIpc) is 2.98. The number of nitrogens with zero attached hydrogens (tertiary/aromatic N) is 3. The lowest BCUT2D eigenvalue weighted by atomic mass is 9.83. The number of fused-ring (bicyclic) bond motifs is 3. The predicted molar refractivity (Wildman–Crippen MR) is 102 cm³/mol. The fourth-order valence-corrected chi connectivity index (χ4v) is 5.30. The van der Waals surface area contributed by atoms with E-state index >= 15 is 0 Å². The highest BCUT2D eigenvalue weighted by molar-refractivity contribution is 6.07. The molecule has 0 unspecified atom stereocenters. The lowest BCUT2D eigenvalue weighted by molar-refractivity contribution is -0.136. The average molecular weight is 367 g/mol. The zero-order valence-corrected chi connectivity index (χ0v) is 15.4. The number of para-hydroxylation sites is 1. The summed E-state index contributed by atoms with van der Waals surface area (Å²) in [7, 11) is 0. The Morgan fingerprint density at radius 2 is 1.96 bits per heavy atom. The molecule has 1 amide bonds. The lowest BCUT2D eigenvalue weighted by Crippen LogP contribution is -2.58. The third kappa shape index (κ3) is 2.74. The van der Waals surface area contributed by atoms with Crippen molar-refractivity contribution in [2.24, 2.45) is 5.92 Å². The molecule has 4 aliphatic heterocycles. The van der Waals surface area contributed by atoms with Crippen LogP contribution in [0, 0.1) is 5.92 Å². The van der Waals surface area contributed by atoms with Crippen molar-refractivity contribution >= 4 is 22.8 Å². The predicted octanol–water partition coefficient (Wildman–Crippen LogP) is 2.21. The fraction of sp³-hybridized carbons (Fsp3) is 0.524. The van der Waals surface area contributed by atoms with Crippen molar-refractivity contribution in [2.75, 3.05) is 26.2 Å². The summed E-state index contributed by atoms with van der Waals surface area (Å²) in [5.74, 6) is -0.0218. The van der Waals surface area contributed by atoms with E-state index in [0.29, 0.717) is 18.4 Å². The first-order valence-corrected chi connectivity index (χ1v) is 9.97. The molecule has 0 radical (unpaired) electrons. The van der Waals surface area contributed by atoms with Gasteiger partial charge >= 0.3 is 5.97 Å². The molecular formula is C21H25N3O3. The summed E-state index contributed by atoms with van der Waals surface area (Å²) < 4.78 is 2.17. The first kappa shape index (κ1) is 16.8. The van der Waals surface area contributed by atoms with Gasteiger partial charge < -0.3 is 19.5 Å². The SMILES string of the molecule is O=C(O)CCc1cn2c3c(cccc13)C(=O)N([C@@H]1CN3CCC1CC3)CC2. The molecule has 6 rings (SSSR count). The second-order valence-corrected chi connectivity index (χ2v) is 8.15. The van der Waals surface area contributed by atoms with Gasteiger partial charge in [0.2, 0.25) is 0 Å². The number of benzene rings is 1. The van der Waals surface area contributed by atoms with Crippen LogP contribution in [0.15, 0.2) is 24.4 Å². The van der Waals surface area contributed by atoms with Crippen molar-refractivity contribution in [1.82, 2.24) is 14.4 Å². The van der Waals surface area contributed by atoms with Crippen LogP contribution in [-0.2, 0) is 17.8 Å². The molecule has 27 heavy (non-hydrogen) atoms. The van der Waals surface area contributed by atoms with Gasteiger partial charge in [-0.25, -0.2) is 0 Å². The molecule has 1 aromatic heterocycles. The molecular weight excluding hydrogens is 342 g/mol. The second kappa shape index (κ2) is 6.37. The quantitative estimate of drug-likeness (QED) is 0.900. The Balaban J connectivity index is 1.51. The highest BCUT2D eigenvalue weighted by Crippen LogP contribution is 2.34. The van der Waals surface area contributed by atoms with Gasteiger partial charge in [-0.2, -0.15) is 0 Å². The van der Waals surface area contributed by atoms with E-state index in [1.807, 2.05) is 18.2 Å². The molecule has 3 fully saturated rings. The van der Waals surface area contributed by atoms with Crippen LogP contribution < -0.4 is 0 Å². The number of aromatic nitrogens is 1. The summed E-state index contributed by atoms with van der Waals surface area (Å²) in [5, 5.41) is 10.0. The van der Waals surface area contributed by atoms with Crippen LogP contribution in [0.1, 0.15) is 35.2 Å². The Kier molecular flexibility index (Phi) is 3.97. The number of carbonyl (C=O) groups excluding carboxylic acids is 1. The molecule has 1 atom stereocenters. The summed E-state index contributed by atoms with van der Waals surface area (Å²) in [6.45, 7) is 4.85. The molecule has 2 bridgehead atoms. The van der Waals surface area contributed by atoms with Crippen LogP contribution in [0.5, 0.6) is 0 Å². The highest BCUT2D eigenvalue weighted by Gasteiger charge is 2.40. The molecule has 2 aromatic rings. The number of hydrogen-bond acceptors (Lipinski definition) is 3. The van der Waals surface area contributed by atoms with Crippen LogP contribution in [0.3, 0.4) is 0 Å². The lowest BCUT2D eigenvalue weighted by Gasteiger charge is -2.48. The molecule has 1 aromatic carbocycles. The van der Waals surface area contributed by atoms with Gasteiger partial charge in [-0.3, -0.25) is 9.59 Å². The first-order chi connectivity index (χ1) is 13.1. The number of carbonyl (C=O) groups is 2. The monoisotopic (exact) mass is 367 g/mol. The Labute approximate surface area is 158 Å². The largest absolute Gasteiger partial charge is 0.481 e. The number of carboxylic acid groups (broad SMARTS) is 1. The molecule has 3 saturated heterocycles. The van der Waals surface area contributed by atoms with E-state index in [1.165, 1.54) is 25.9 Å². The Morgan fingerprint density at radius 3 is 2.67 bits per heavy atom. The first-order valence-electron chi connectivity index (χ1n) is 9.97. The number of aryl methyl sites for hydroxylation is 1. The van der Waals surface area contributed by atoms with Gasteiger partial charge in [0.15, 0.2) is 0 Å². The third-order valence-corrected chi connectivity index (χ3v) is 6.68. The van der Waals surface area contributed by atoms with Gasteiger partial charge in [0.1, 0.15) is 0 Å². The minimum absolute atomic E-state index is 0.114. The highest BCUT2D eigenvalue weighted by atomic mass is 16.4. The number of amides is 1. The normalized spacial score (nSPS) is 27.2. The van der Waals surface area contributed by atoms with Crippen molar-refractivity contribution in [2.45, 2.75) is 38.3 Å². The smallest absolute Gasteiger partial charge is 0.303 e. The number of carboxylic acids is 1. The molecule has 142 valence electrons. The molecule has 5 heterocycles. The fourth-order valence-electron chi connectivity index (χ4n) is 5.30. The van der Waals surface area contributed by atoms with Gasteiger partial charge in [-0.05, 0) is 49.9 Å². The van der Waals surface area contributed by atoms with Crippen molar-refractivity contribution in [3.63, 3.8) is 0 Å². The van der Waals surface area contributed by atoms with E-state index in [4.69, 9.17) is 5.11 Å². The summed E-state index contributed by atoms with van der Waals surface area (Å²) >= 11 is 0. The molecule has 0 aliphatic carbocycles. The van der Waals surface area contributed by atoms with Crippen LogP contribution in [0.2, 0.25) is 0 Å². The third-order valence-electron chi connectivity index (χ3n) is 6.68. The standard InChI is InChI=1S/C21H25N3O3/c25-19(26)5-4-15-12-23-10-11-24(18-13-22-8-6-14(18)7-9-22)21(27)17-3-1-2-16(15)20(17)23/h1-3,12,14,18H,4-11,13H2,(H,25,26)/t18-/m1/s1. The number of hydrogen-bond donors (Lipinski definition) is 1. The maximum atomic E-state index is 13.5. The maximum absolute atomic E-state index is 13.5. The van der Waals surface area contributed by atoms with Gasteiger partial charge in [-0.15, -0.1) is 0 Å². The van der Waals surface area contributed by atoms with Crippen molar-refractivity contribution in [3.05, 3.63) is 35.5 Å². The van der Waals surface area contributed by atoms with Gasteiger partial charge in [-0.1, -0.05) is 12.1 Å². The molecule has 4 aliphatic rings. The Morgan fingerprint density at radius 1 is 1.15 bits per heavy atom. The maximum Gasteiger partial charge on any atom is 0.303 e. The van der Waals surface area contributed by atoms with Gasteiger partial charge in [0.05, 0.1) is 11.1 Å². The van der Waals surface area contributed by atoms with Gasteiger partial charge in [0, 0.05) is 43.7 Å². The Bertz CT molecular complexity index is 911. The van der Waals surface area contributed by atoms with Crippen molar-refractivity contribution < 1.29 is 14.7 Å². The summed E-state index contributed by atoms with van der Waals surface area (Å²) in [6.07, 6.45) is 5.07. The summed E-state index contributed by atoms with van der Waals surface area (Å²) in [4.78, 5) is 29.1. The minimum atomic E-state index is -0.788. The van der Waals surface area contributed by atoms with E-state index in [9.17, 15) is 9.59 Å². The van der Waals surface area contributed by atoms with Crippen LogP contribution >= 0.6 is 0 Å². The van der Waals surface area contributed by atoms with Crippen LogP contribution in [0.4, 0.5) is 0 Å². The zero-order valence-electron chi connectivity index (χ0n) is 15.4. The molecule has 0 spiro atoms. The van der Waals surface area contributed by atoms with Crippen LogP contribution in [0.25, 0.3) is 10.9 Å². The van der Waals surface area contributed by atoms with Crippen molar-refractivity contribution in [1.29, 1.82) is 0 Å². The van der Waals surface area contributed by atoms with Gasteiger partial charge in [0.25, 0.3) is 5.91 Å². The van der Waals surface area contributed by atoms with E-state index in [1.54, 1.807) is 0 Å². The number of aliphatic carboxylic acids is 1. The minimum Gasteiger partial charge on any atom is -0.481 e. The molecule has 6 nitrogen and oxygen atoms in total. The molecule has 1 N–H and O–H groups in total. The number of rotatable bonds is 4. The molecule has 0 saturated carbocycles. The van der Waals surface area contributed by atoms with E-state index in [-0.39, 0.29) is 12.3 Å². The van der Waals surface area contributed by atoms with E-state index in [0.717, 1.165) is 41.7 Å². The Hall–Kier alpha value is -2.34. The van der Waals surface area contributed by atoms with Crippen LogP contribution in [-0.4, -0.2) is 63.6 Å². The zero-order chi connectivity index (χ0) is 18.5. The second-order valence-electron chi connectivity index (χ2n) is 8.15. The van der Waals surface area contributed by atoms with E-state index in [2.05, 4.69) is 20.6 Å². The van der Waals surface area contributed by atoms with E-state index < -0.39 is 5.97 Å².